The smallest absolute Gasteiger partial charge is 0.141 e. The summed E-state index contributed by atoms with van der Waals surface area (Å²) in [5.74, 6) is 3.48. The van der Waals surface area contributed by atoms with Crippen LogP contribution in [-0.4, -0.2) is 30.7 Å². The minimum atomic E-state index is 1.09. The average molecular weight is 519 g/mol. The molecule has 0 rings (SSSR count). The fourth-order valence-electron chi connectivity index (χ4n) is 4.45. The molecule has 2 heteroatoms. The molecular formula is C27H53IN+. The highest BCUT2D eigenvalue weighted by Gasteiger charge is 2.25. The normalized spacial score (nSPS) is 11.4. The first kappa shape index (κ1) is 29.2. The molecule has 0 unspecified atom stereocenters. The van der Waals surface area contributed by atoms with Crippen molar-refractivity contribution in [2.24, 2.45) is 0 Å². The van der Waals surface area contributed by atoms with Gasteiger partial charge >= 0.3 is 0 Å². The zero-order chi connectivity index (χ0) is 21.5. The molecule has 0 bridgehead atoms. The molecule has 0 fully saturated rings. The van der Waals surface area contributed by atoms with Gasteiger partial charge in [-0.05, 0) is 48.4 Å². The van der Waals surface area contributed by atoms with Gasteiger partial charge in [0.15, 0.2) is 0 Å². The summed E-state index contributed by atoms with van der Waals surface area (Å²) < 4.78 is 4.47. The summed E-state index contributed by atoms with van der Waals surface area (Å²) in [6.45, 7) is 12.1. The highest BCUT2D eigenvalue weighted by Crippen LogP contribution is 2.18. The number of halogens is 1. The van der Waals surface area contributed by atoms with Crippen molar-refractivity contribution < 1.29 is 4.48 Å². The lowest BCUT2D eigenvalue weighted by Gasteiger charge is -2.38. The van der Waals surface area contributed by atoms with E-state index in [4.69, 9.17) is 0 Å². The first-order chi connectivity index (χ1) is 14.2. The summed E-state index contributed by atoms with van der Waals surface area (Å²) in [6.07, 6.45) is 25.3. The molecule has 0 saturated carbocycles. The van der Waals surface area contributed by atoms with Gasteiger partial charge in [0.05, 0.1) is 19.6 Å². The Labute approximate surface area is 198 Å². The highest BCUT2D eigenvalue weighted by molar-refractivity contribution is 14.1. The van der Waals surface area contributed by atoms with Crippen LogP contribution in [0.3, 0.4) is 0 Å². The van der Waals surface area contributed by atoms with Crippen molar-refractivity contribution in [3.63, 3.8) is 0 Å². The Kier molecular flexibility index (Phi) is 23.1. The lowest BCUT2D eigenvalue weighted by molar-refractivity contribution is -0.922. The maximum Gasteiger partial charge on any atom is 0.141 e. The molecule has 0 saturated heterocycles. The molecule has 0 aromatic heterocycles. The van der Waals surface area contributed by atoms with Crippen LogP contribution in [0, 0.1) is 9.85 Å². The Morgan fingerprint density at radius 1 is 0.483 bits per heavy atom. The van der Waals surface area contributed by atoms with Crippen LogP contribution in [0.5, 0.6) is 0 Å². The van der Waals surface area contributed by atoms with Crippen molar-refractivity contribution in [3.05, 3.63) is 0 Å². The average Bonchev–Trinajstić information content (AvgIpc) is 2.74. The number of hydrogen-bond acceptors (Lipinski definition) is 0. The monoisotopic (exact) mass is 518 g/mol. The fourth-order valence-corrected chi connectivity index (χ4v) is 4.62. The zero-order valence-electron chi connectivity index (χ0n) is 20.4. The summed E-state index contributed by atoms with van der Waals surface area (Å²) in [5, 5.41) is 0. The molecule has 0 aromatic rings. The van der Waals surface area contributed by atoms with Crippen LogP contribution in [-0.2, 0) is 0 Å². The second-order valence-corrected chi connectivity index (χ2v) is 9.78. The van der Waals surface area contributed by atoms with Gasteiger partial charge < -0.3 is 4.48 Å². The van der Waals surface area contributed by atoms with Crippen molar-refractivity contribution in [3.8, 4) is 9.85 Å². The van der Waals surface area contributed by atoms with E-state index >= 15 is 0 Å². The second-order valence-electron chi connectivity index (χ2n) is 9.25. The first-order valence-electron chi connectivity index (χ1n) is 13.2. The minimum absolute atomic E-state index is 1.09. The predicted molar refractivity (Wildman–Crippen MR) is 142 cm³/mol. The number of rotatable bonds is 22. The molecule has 0 aromatic carbocycles. The Morgan fingerprint density at radius 2 is 0.793 bits per heavy atom. The third-order valence-electron chi connectivity index (χ3n) is 6.44. The Morgan fingerprint density at radius 3 is 1.10 bits per heavy atom. The zero-order valence-corrected chi connectivity index (χ0v) is 22.5. The topological polar surface area (TPSA) is 0 Å². The number of unbranched alkanes of at least 4 members (excludes halogenated alkanes) is 15. The van der Waals surface area contributed by atoms with Gasteiger partial charge in [-0.25, -0.2) is 0 Å². The standard InChI is InChI=1S/C27H53IN/c1-4-7-10-13-16-19-24-29(27-22-23-28,25-20-17-14-11-8-5-2)26-21-18-15-12-9-6-3/h4-21,24-27H2,1-3H3/q+1. The summed E-state index contributed by atoms with van der Waals surface area (Å²) >= 11 is 2.24. The number of hydrogen-bond donors (Lipinski definition) is 0. The van der Waals surface area contributed by atoms with Crippen LogP contribution >= 0.6 is 22.6 Å². The van der Waals surface area contributed by atoms with Gasteiger partial charge in [-0.1, -0.05) is 97.8 Å². The molecule has 0 atom stereocenters. The molecular weight excluding hydrogens is 465 g/mol. The van der Waals surface area contributed by atoms with E-state index in [2.05, 4.69) is 53.2 Å². The molecule has 0 spiro atoms. The summed E-state index contributed by atoms with van der Waals surface area (Å²) in [5.41, 5.74) is 0. The minimum Gasteiger partial charge on any atom is -0.313 e. The predicted octanol–water partition coefficient (Wildman–Crippen LogP) is 9.28. The molecule has 0 aliphatic carbocycles. The van der Waals surface area contributed by atoms with Crippen LogP contribution in [0.4, 0.5) is 0 Å². The summed E-state index contributed by atoms with van der Waals surface area (Å²) in [6, 6.07) is 0. The molecule has 0 heterocycles. The fraction of sp³-hybridized carbons (Fsp3) is 0.926. The van der Waals surface area contributed by atoms with E-state index in [1.807, 2.05) is 0 Å². The Bertz CT molecular complexity index is 341. The SMILES string of the molecule is CCCCCCCC[N+](CC#CI)(CCCCCCCC)CCCCCCCC. The third-order valence-corrected chi connectivity index (χ3v) is 6.82. The van der Waals surface area contributed by atoms with E-state index in [9.17, 15) is 0 Å². The largest absolute Gasteiger partial charge is 0.313 e. The van der Waals surface area contributed by atoms with E-state index in [0.29, 0.717) is 0 Å². The van der Waals surface area contributed by atoms with Crippen LogP contribution in [0.25, 0.3) is 0 Å². The number of quaternary nitrogens is 1. The van der Waals surface area contributed by atoms with Crippen LogP contribution in [0.2, 0.25) is 0 Å². The molecule has 0 radical (unpaired) electrons. The van der Waals surface area contributed by atoms with Crippen LogP contribution in [0.15, 0.2) is 0 Å². The third kappa shape index (κ3) is 18.7. The van der Waals surface area contributed by atoms with Crippen LogP contribution < -0.4 is 0 Å². The van der Waals surface area contributed by atoms with Gasteiger partial charge in [-0.2, -0.15) is 0 Å². The molecule has 0 aliphatic heterocycles. The van der Waals surface area contributed by atoms with E-state index in [0.717, 1.165) is 6.54 Å². The molecule has 29 heavy (non-hydrogen) atoms. The Balaban J connectivity index is 4.58. The second kappa shape index (κ2) is 22.9. The van der Waals surface area contributed by atoms with Gasteiger partial charge in [0.2, 0.25) is 0 Å². The Hall–Kier alpha value is 0.250. The van der Waals surface area contributed by atoms with E-state index in [-0.39, 0.29) is 0 Å². The molecule has 1 nitrogen and oxygen atoms in total. The van der Waals surface area contributed by atoms with Crippen LogP contribution in [0.1, 0.15) is 136 Å². The van der Waals surface area contributed by atoms with Gasteiger partial charge in [0.1, 0.15) is 6.54 Å². The first-order valence-corrected chi connectivity index (χ1v) is 14.3. The lowest BCUT2D eigenvalue weighted by Crippen LogP contribution is -2.50. The summed E-state index contributed by atoms with van der Waals surface area (Å²) in [7, 11) is 0. The van der Waals surface area contributed by atoms with Crippen molar-refractivity contribution in [2.75, 3.05) is 26.2 Å². The van der Waals surface area contributed by atoms with E-state index in [1.165, 1.54) is 140 Å². The highest BCUT2D eigenvalue weighted by atomic mass is 127. The quantitative estimate of drug-likeness (QED) is 0.0580. The lowest BCUT2D eigenvalue weighted by atomic mass is 10.1. The summed E-state index contributed by atoms with van der Waals surface area (Å²) in [4.78, 5) is 0. The van der Waals surface area contributed by atoms with Gasteiger partial charge in [0.25, 0.3) is 0 Å². The van der Waals surface area contributed by atoms with Gasteiger partial charge in [0, 0.05) is 22.6 Å². The maximum absolute atomic E-state index is 3.48. The number of nitrogens with zero attached hydrogens (tertiary/aromatic N) is 1. The van der Waals surface area contributed by atoms with Gasteiger partial charge in [-0.15, -0.1) is 0 Å². The van der Waals surface area contributed by atoms with Crippen molar-refractivity contribution >= 4 is 22.6 Å². The molecule has 0 N–H and O–H groups in total. The van der Waals surface area contributed by atoms with Crippen molar-refractivity contribution in [1.82, 2.24) is 0 Å². The van der Waals surface area contributed by atoms with E-state index in [1.54, 1.807) is 0 Å². The maximum atomic E-state index is 3.48. The molecule has 172 valence electrons. The van der Waals surface area contributed by atoms with Crippen molar-refractivity contribution in [1.29, 1.82) is 0 Å². The van der Waals surface area contributed by atoms with Crippen molar-refractivity contribution in [2.45, 2.75) is 136 Å². The molecule has 0 amide bonds. The molecule has 0 aliphatic rings. The van der Waals surface area contributed by atoms with Gasteiger partial charge in [-0.3, -0.25) is 0 Å². The van der Waals surface area contributed by atoms with E-state index < -0.39 is 0 Å².